The van der Waals surface area contributed by atoms with Gasteiger partial charge in [-0.1, -0.05) is 38.2 Å². The van der Waals surface area contributed by atoms with Gasteiger partial charge in [0.1, 0.15) is 0 Å². The zero-order chi connectivity index (χ0) is 10.9. The van der Waals surface area contributed by atoms with Crippen LogP contribution in [0.3, 0.4) is 0 Å². The van der Waals surface area contributed by atoms with E-state index >= 15 is 0 Å². The van der Waals surface area contributed by atoms with Crippen LogP contribution in [0.25, 0.3) is 0 Å². The Kier molecular flexibility index (Phi) is 6.14. The number of hydrogen-bond acceptors (Lipinski definition) is 2. The number of rotatable bonds is 3. The summed E-state index contributed by atoms with van der Waals surface area (Å²) in [5.74, 6) is 0.397. The number of carbonyl (C=O) groups excluding carboxylic acids is 1. The monoisotopic (exact) mass is 210 g/mol. The fraction of sp³-hybridized carbons (Fsp3) is 0.769. The highest BCUT2D eigenvalue weighted by Gasteiger charge is 2.08. The third kappa shape index (κ3) is 5.60. The minimum Gasteiger partial charge on any atom is -0.463 e. The third-order valence-electron chi connectivity index (χ3n) is 2.94. The molecule has 0 unspecified atom stereocenters. The lowest BCUT2D eigenvalue weighted by atomic mass is 9.91. The second kappa shape index (κ2) is 7.49. The lowest BCUT2D eigenvalue weighted by molar-refractivity contribution is -0.137. The molecule has 0 spiro atoms. The van der Waals surface area contributed by atoms with Gasteiger partial charge in [-0.15, -0.1) is 0 Å². The SMILES string of the molecule is CCOC(=O)/C=C/C1CCCCCCC1. The predicted molar refractivity (Wildman–Crippen MR) is 61.6 cm³/mol. The summed E-state index contributed by atoms with van der Waals surface area (Å²) in [5.41, 5.74) is 0. The van der Waals surface area contributed by atoms with Gasteiger partial charge in [-0.3, -0.25) is 0 Å². The van der Waals surface area contributed by atoms with E-state index in [1.54, 1.807) is 6.08 Å². The molecule has 2 heteroatoms. The number of allylic oxidation sites excluding steroid dienone is 1. The van der Waals surface area contributed by atoms with Crippen molar-refractivity contribution in [1.29, 1.82) is 0 Å². The topological polar surface area (TPSA) is 26.3 Å². The lowest BCUT2D eigenvalue weighted by Crippen LogP contribution is -2.03. The normalized spacial score (nSPS) is 19.8. The van der Waals surface area contributed by atoms with E-state index in [-0.39, 0.29) is 5.97 Å². The van der Waals surface area contributed by atoms with E-state index < -0.39 is 0 Å². The highest BCUT2D eigenvalue weighted by molar-refractivity contribution is 5.81. The van der Waals surface area contributed by atoms with Gasteiger partial charge in [0.2, 0.25) is 0 Å². The van der Waals surface area contributed by atoms with E-state index in [0.29, 0.717) is 12.5 Å². The molecule has 2 nitrogen and oxygen atoms in total. The summed E-state index contributed by atoms with van der Waals surface area (Å²) in [6.45, 7) is 2.30. The van der Waals surface area contributed by atoms with Gasteiger partial charge in [0, 0.05) is 6.08 Å². The smallest absolute Gasteiger partial charge is 0.330 e. The quantitative estimate of drug-likeness (QED) is 0.526. The Morgan fingerprint density at radius 3 is 2.40 bits per heavy atom. The first-order valence-corrected chi connectivity index (χ1v) is 6.18. The molecular formula is C13H22O2. The molecule has 0 aliphatic heterocycles. The van der Waals surface area contributed by atoms with Crippen molar-refractivity contribution in [3.63, 3.8) is 0 Å². The average Bonchev–Trinajstić information content (AvgIpc) is 2.16. The molecule has 0 saturated heterocycles. The first-order valence-electron chi connectivity index (χ1n) is 6.18. The van der Waals surface area contributed by atoms with Crippen LogP contribution < -0.4 is 0 Å². The number of carbonyl (C=O) groups is 1. The van der Waals surface area contributed by atoms with E-state index in [1.165, 1.54) is 44.9 Å². The van der Waals surface area contributed by atoms with Gasteiger partial charge in [0.05, 0.1) is 6.61 Å². The zero-order valence-electron chi connectivity index (χ0n) is 9.71. The molecule has 1 aliphatic rings. The Balaban J connectivity index is 2.30. The van der Waals surface area contributed by atoms with Gasteiger partial charge in [-0.25, -0.2) is 4.79 Å². The largest absolute Gasteiger partial charge is 0.463 e. The van der Waals surface area contributed by atoms with Gasteiger partial charge < -0.3 is 4.74 Å². The fourth-order valence-electron chi connectivity index (χ4n) is 2.09. The van der Waals surface area contributed by atoms with Crippen molar-refractivity contribution >= 4 is 5.97 Å². The Labute approximate surface area is 92.7 Å². The van der Waals surface area contributed by atoms with Crippen LogP contribution in [-0.2, 0) is 9.53 Å². The molecule has 0 aromatic rings. The predicted octanol–water partition coefficient (Wildman–Crippen LogP) is 3.47. The van der Waals surface area contributed by atoms with Crippen molar-refractivity contribution in [2.24, 2.45) is 5.92 Å². The van der Waals surface area contributed by atoms with Crippen LogP contribution in [0.2, 0.25) is 0 Å². The molecule has 0 amide bonds. The van der Waals surface area contributed by atoms with Crippen molar-refractivity contribution in [2.45, 2.75) is 51.9 Å². The minimum absolute atomic E-state index is 0.195. The first-order chi connectivity index (χ1) is 7.33. The molecule has 0 aromatic carbocycles. The van der Waals surface area contributed by atoms with E-state index in [1.807, 2.05) is 13.0 Å². The standard InChI is InChI=1S/C13H22O2/c1-2-15-13(14)11-10-12-8-6-4-3-5-7-9-12/h10-12H,2-9H2,1H3/b11-10+. The third-order valence-corrected chi connectivity index (χ3v) is 2.94. The number of hydrogen-bond donors (Lipinski definition) is 0. The van der Waals surface area contributed by atoms with Crippen LogP contribution in [0.15, 0.2) is 12.2 Å². The van der Waals surface area contributed by atoms with E-state index in [9.17, 15) is 4.79 Å². The molecular weight excluding hydrogens is 188 g/mol. The number of esters is 1. The summed E-state index contributed by atoms with van der Waals surface area (Å²) in [5, 5.41) is 0. The number of ether oxygens (including phenoxy) is 1. The molecule has 0 heterocycles. The summed E-state index contributed by atoms with van der Waals surface area (Å²) < 4.78 is 4.86. The average molecular weight is 210 g/mol. The molecule has 15 heavy (non-hydrogen) atoms. The Morgan fingerprint density at radius 1 is 1.20 bits per heavy atom. The lowest BCUT2D eigenvalue weighted by Gasteiger charge is -2.15. The van der Waals surface area contributed by atoms with Crippen LogP contribution >= 0.6 is 0 Å². The van der Waals surface area contributed by atoms with Gasteiger partial charge in [0.15, 0.2) is 0 Å². The van der Waals surface area contributed by atoms with Gasteiger partial charge in [-0.05, 0) is 25.7 Å². The van der Waals surface area contributed by atoms with Crippen LogP contribution in [0.5, 0.6) is 0 Å². The van der Waals surface area contributed by atoms with E-state index in [4.69, 9.17) is 4.74 Å². The molecule has 1 fully saturated rings. The minimum atomic E-state index is -0.195. The maximum absolute atomic E-state index is 11.1. The van der Waals surface area contributed by atoms with Crippen molar-refractivity contribution in [1.82, 2.24) is 0 Å². The van der Waals surface area contributed by atoms with Crippen molar-refractivity contribution < 1.29 is 9.53 Å². The maximum Gasteiger partial charge on any atom is 0.330 e. The fourth-order valence-corrected chi connectivity index (χ4v) is 2.09. The van der Waals surface area contributed by atoms with E-state index in [0.717, 1.165) is 0 Å². The van der Waals surface area contributed by atoms with Crippen LogP contribution in [0.1, 0.15) is 51.9 Å². The summed E-state index contributed by atoms with van der Waals surface area (Å²) in [6.07, 6.45) is 12.8. The van der Waals surface area contributed by atoms with Gasteiger partial charge >= 0.3 is 5.97 Å². The first kappa shape index (κ1) is 12.3. The van der Waals surface area contributed by atoms with Gasteiger partial charge in [-0.2, -0.15) is 0 Å². The second-order valence-electron chi connectivity index (χ2n) is 4.22. The van der Waals surface area contributed by atoms with Crippen LogP contribution in [-0.4, -0.2) is 12.6 Å². The van der Waals surface area contributed by atoms with Gasteiger partial charge in [0.25, 0.3) is 0 Å². The molecule has 0 atom stereocenters. The van der Waals surface area contributed by atoms with Crippen molar-refractivity contribution in [2.75, 3.05) is 6.61 Å². The molecule has 0 radical (unpaired) electrons. The summed E-state index contributed by atoms with van der Waals surface area (Å²) in [7, 11) is 0. The van der Waals surface area contributed by atoms with E-state index in [2.05, 4.69) is 0 Å². The summed E-state index contributed by atoms with van der Waals surface area (Å²) in [4.78, 5) is 11.1. The molecule has 0 bridgehead atoms. The van der Waals surface area contributed by atoms with Crippen LogP contribution in [0, 0.1) is 5.92 Å². The van der Waals surface area contributed by atoms with Crippen molar-refractivity contribution in [3.05, 3.63) is 12.2 Å². The Morgan fingerprint density at radius 2 is 1.80 bits per heavy atom. The molecule has 1 rings (SSSR count). The highest BCUT2D eigenvalue weighted by Crippen LogP contribution is 2.23. The molecule has 1 saturated carbocycles. The Bertz CT molecular complexity index is 201. The van der Waals surface area contributed by atoms with Crippen LogP contribution in [0.4, 0.5) is 0 Å². The molecule has 1 aliphatic carbocycles. The highest BCUT2D eigenvalue weighted by atomic mass is 16.5. The van der Waals surface area contributed by atoms with Crippen molar-refractivity contribution in [3.8, 4) is 0 Å². The molecule has 86 valence electrons. The zero-order valence-corrected chi connectivity index (χ0v) is 9.71. The second-order valence-corrected chi connectivity index (χ2v) is 4.22. The molecule has 0 N–H and O–H groups in total. The Hall–Kier alpha value is -0.790. The maximum atomic E-state index is 11.1. The summed E-state index contributed by atoms with van der Waals surface area (Å²) in [6, 6.07) is 0. The summed E-state index contributed by atoms with van der Waals surface area (Å²) >= 11 is 0. The molecule has 0 aromatic heterocycles.